The van der Waals surface area contributed by atoms with Crippen LogP contribution in [-0.2, 0) is 11.3 Å². The normalized spacial score (nSPS) is 11.0. The number of amides is 1. The summed E-state index contributed by atoms with van der Waals surface area (Å²) in [5.74, 6) is 0.393. The number of ether oxygens (including phenoxy) is 2. The van der Waals surface area contributed by atoms with Crippen LogP contribution in [0.1, 0.15) is 26.3 Å². The fraction of sp³-hybridized carbons (Fsp3) is 0.333. The summed E-state index contributed by atoms with van der Waals surface area (Å²) in [6.45, 7) is 5.88. The van der Waals surface area contributed by atoms with Crippen molar-refractivity contribution in [3.63, 3.8) is 0 Å². The molecule has 1 N–H and O–H groups in total. The summed E-state index contributed by atoms with van der Waals surface area (Å²) in [5, 5.41) is 3.20. The quantitative estimate of drug-likeness (QED) is 0.887. The van der Waals surface area contributed by atoms with Crippen LogP contribution in [0.4, 0.5) is 4.79 Å². The second kappa shape index (κ2) is 7.53. The first-order valence-electron chi connectivity index (χ1n) is 7.55. The van der Waals surface area contributed by atoms with Crippen LogP contribution in [0.2, 0.25) is 5.02 Å². The Morgan fingerprint density at radius 1 is 1.17 bits per heavy atom. The van der Waals surface area contributed by atoms with Gasteiger partial charge in [-0.3, -0.25) is 0 Å². The minimum absolute atomic E-state index is 0.393. The molecule has 1 amide bonds. The monoisotopic (exact) mass is 348 g/mol. The Morgan fingerprint density at radius 2 is 1.83 bits per heavy atom. The zero-order valence-corrected chi connectivity index (χ0v) is 15.0. The van der Waals surface area contributed by atoms with Crippen molar-refractivity contribution < 1.29 is 14.3 Å². The highest BCUT2D eigenvalue weighted by molar-refractivity contribution is 6.31. The third-order valence-electron chi connectivity index (χ3n) is 3.09. The van der Waals surface area contributed by atoms with E-state index in [9.17, 15) is 4.79 Å². The number of hydrogen-bond acceptors (Lipinski definition) is 4. The number of carbonyl (C=O) groups excluding carboxylic acids is 1. The van der Waals surface area contributed by atoms with Gasteiger partial charge in [-0.25, -0.2) is 9.78 Å². The Morgan fingerprint density at radius 3 is 2.42 bits per heavy atom. The van der Waals surface area contributed by atoms with Crippen molar-refractivity contribution in [1.29, 1.82) is 0 Å². The molecule has 0 saturated heterocycles. The Labute approximate surface area is 147 Å². The number of nitrogens with zero attached hydrogens (tertiary/aromatic N) is 1. The van der Waals surface area contributed by atoms with E-state index in [4.69, 9.17) is 21.1 Å². The van der Waals surface area contributed by atoms with Crippen molar-refractivity contribution in [1.82, 2.24) is 10.3 Å². The molecule has 24 heavy (non-hydrogen) atoms. The van der Waals surface area contributed by atoms with Gasteiger partial charge in [0, 0.05) is 12.1 Å². The first-order chi connectivity index (χ1) is 11.3. The Balaban J connectivity index is 2.02. The van der Waals surface area contributed by atoms with Gasteiger partial charge in [-0.15, -0.1) is 0 Å². The first kappa shape index (κ1) is 18.1. The van der Waals surface area contributed by atoms with E-state index in [-0.39, 0.29) is 0 Å². The number of aromatic nitrogens is 1. The number of nitrogens with one attached hydrogen (secondary N) is 1. The van der Waals surface area contributed by atoms with Crippen LogP contribution in [0.25, 0.3) is 11.3 Å². The molecule has 1 heterocycles. The largest absolute Gasteiger partial charge is 0.480 e. The van der Waals surface area contributed by atoms with E-state index in [1.54, 1.807) is 6.07 Å². The summed E-state index contributed by atoms with van der Waals surface area (Å²) >= 11 is 5.99. The lowest BCUT2D eigenvalue weighted by Gasteiger charge is -2.19. The number of alkyl carbamates (subject to hydrolysis) is 1. The van der Waals surface area contributed by atoms with Gasteiger partial charge in [0.15, 0.2) is 0 Å². The van der Waals surface area contributed by atoms with E-state index in [0.717, 1.165) is 16.8 Å². The van der Waals surface area contributed by atoms with Gasteiger partial charge < -0.3 is 14.8 Å². The summed E-state index contributed by atoms with van der Waals surface area (Å²) in [6.07, 6.45) is -0.435. The van der Waals surface area contributed by atoms with Gasteiger partial charge in [-0.1, -0.05) is 35.9 Å². The second-order valence-corrected chi connectivity index (χ2v) is 6.65. The molecular formula is C18H21ClN2O3. The molecule has 1 aromatic heterocycles. The Kier molecular flexibility index (Phi) is 5.67. The molecule has 128 valence electrons. The number of methoxy groups -OCH3 is 1. The van der Waals surface area contributed by atoms with Crippen LogP contribution in [0, 0.1) is 0 Å². The Bertz CT molecular complexity index is 709. The molecule has 0 fully saturated rings. The van der Waals surface area contributed by atoms with Gasteiger partial charge >= 0.3 is 6.09 Å². The summed E-state index contributed by atoms with van der Waals surface area (Å²) in [4.78, 5) is 16.0. The van der Waals surface area contributed by atoms with Gasteiger partial charge in [-0.05, 0) is 38.5 Å². The number of pyridine rings is 1. The lowest BCUT2D eigenvalue weighted by molar-refractivity contribution is 0.0523. The maximum atomic E-state index is 11.7. The molecule has 0 aliphatic heterocycles. The summed E-state index contributed by atoms with van der Waals surface area (Å²) in [7, 11) is 1.53. The van der Waals surface area contributed by atoms with Crippen molar-refractivity contribution in [2.45, 2.75) is 32.9 Å². The molecule has 0 atom stereocenters. The molecule has 0 unspecified atom stereocenters. The molecule has 2 aromatic rings. The molecule has 6 heteroatoms. The maximum Gasteiger partial charge on any atom is 0.407 e. The molecule has 0 saturated carbocycles. The highest BCUT2D eigenvalue weighted by atomic mass is 35.5. The van der Waals surface area contributed by atoms with Crippen molar-refractivity contribution in [2.75, 3.05) is 7.11 Å². The van der Waals surface area contributed by atoms with E-state index < -0.39 is 11.7 Å². The van der Waals surface area contributed by atoms with E-state index in [1.165, 1.54) is 7.11 Å². The van der Waals surface area contributed by atoms with Gasteiger partial charge in [-0.2, -0.15) is 0 Å². The maximum absolute atomic E-state index is 11.7. The van der Waals surface area contributed by atoms with Crippen molar-refractivity contribution in [3.8, 4) is 17.1 Å². The first-order valence-corrected chi connectivity index (χ1v) is 7.93. The van der Waals surface area contributed by atoms with Gasteiger partial charge in [0.1, 0.15) is 10.6 Å². The number of rotatable bonds is 4. The van der Waals surface area contributed by atoms with Crippen LogP contribution in [0.15, 0.2) is 36.4 Å². The van der Waals surface area contributed by atoms with Gasteiger partial charge in [0.05, 0.1) is 12.8 Å². The Hall–Kier alpha value is -2.27. The molecular weight excluding hydrogens is 328 g/mol. The third kappa shape index (κ3) is 5.13. The van der Waals surface area contributed by atoms with Gasteiger partial charge in [0.25, 0.3) is 0 Å². The SMILES string of the molecule is COc1nc(-c2ccc(CNC(=O)OC(C)(C)C)cc2)ccc1Cl. The minimum atomic E-state index is -0.507. The van der Waals surface area contributed by atoms with E-state index in [0.29, 0.717) is 17.4 Å². The smallest absolute Gasteiger partial charge is 0.407 e. The molecule has 0 aliphatic rings. The highest BCUT2D eigenvalue weighted by Gasteiger charge is 2.15. The number of benzene rings is 1. The van der Waals surface area contributed by atoms with Gasteiger partial charge in [0.2, 0.25) is 5.88 Å². The van der Waals surface area contributed by atoms with Crippen LogP contribution in [-0.4, -0.2) is 23.8 Å². The van der Waals surface area contributed by atoms with Crippen LogP contribution in [0.3, 0.4) is 0 Å². The van der Waals surface area contributed by atoms with E-state index in [2.05, 4.69) is 10.3 Å². The van der Waals surface area contributed by atoms with Crippen LogP contribution >= 0.6 is 11.6 Å². The molecule has 0 bridgehead atoms. The number of carbonyl (C=O) groups is 1. The topological polar surface area (TPSA) is 60.5 Å². The summed E-state index contributed by atoms with van der Waals surface area (Å²) in [6, 6.07) is 11.3. The van der Waals surface area contributed by atoms with Crippen LogP contribution in [0.5, 0.6) is 5.88 Å². The molecule has 1 aromatic carbocycles. The average Bonchev–Trinajstić information content (AvgIpc) is 2.52. The lowest BCUT2D eigenvalue weighted by atomic mass is 10.1. The lowest BCUT2D eigenvalue weighted by Crippen LogP contribution is -2.32. The fourth-order valence-electron chi connectivity index (χ4n) is 2.01. The summed E-state index contributed by atoms with van der Waals surface area (Å²) < 4.78 is 10.3. The summed E-state index contributed by atoms with van der Waals surface area (Å²) in [5.41, 5.74) is 2.16. The minimum Gasteiger partial charge on any atom is -0.480 e. The third-order valence-corrected chi connectivity index (χ3v) is 3.38. The zero-order chi connectivity index (χ0) is 17.7. The molecule has 0 aliphatic carbocycles. The fourth-order valence-corrected chi connectivity index (χ4v) is 2.19. The molecule has 0 radical (unpaired) electrons. The van der Waals surface area contributed by atoms with E-state index in [1.807, 2.05) is 51.1 Å². The van der Waals surface area contributed by atoms with Crippen LogP contribution < -0.4 is 10.1 Å². The average molecular weight is 349 g/mol. The number of halogens is 1. The predicted octanol–water partition coefficient (Wildman–Crippen LogP) is 4.44. The predicted molar refractivity (Wildman–Crippen MR) is 94.3 cm³/mol. The molecule has 0 spiro atoms. The standard InChI is InChI=1S/C18H21ClN2O3/c1-18(2,3)24-17(22)20-11-12-5-7-13(8-6-12)15-10-9-14(19)16(21-15)23-4/h5-10H,11H2,1-4H3,(H,20,22). The zero-order valence-electron chi connectivity index (χ0n) is 14.2. The molecule has 5 nitrogen and oxygen atoms in total. The number of hydrogen-bond donors (Lipinski definition) is 1. The van der Waals surface area contributed by atoms with Crippen molar-refractivity contribution in [3.05, 3.63) is 47.0 Å². The van der Waals surface area contributed by atoms with E-state index >= 15 is 0 Å². The second-order valence-electron chi connectivity index (χ2n) is 6.24. The molecule has 2 rings (SSSR count). The highest BCUT2D eigenvalue weighted by Crippen LogP contribution is 2.26. The van der Waals surface area contributed by atoms with Crippen molar-refractivity contribution >= 4 is 17.7 Å². The van der Waals surface area contributed by atoms with Crippen molar-refractivity contribution in [2.24, 2.45) is 0 Å².